The Morgan fingerprint density at radius 3 is 2.67 bits per heavy atom. The molecule has 1 amide bonds. The summed E-state index contributed by atoms with van der Waals surface area (Å²) in [7, 11) is 3.37. The fraction of sp³-hybridized carbons (Fsp3) is 0.500. The molecule has 2 unspecified atom stereocenters. The average molecular weight is 335 g/mol. The van der Waals surface area contributed by atoms with Crippen LogP contribution >= 0.6 is 23.2 Å². The molecule has 0 bridgehead atoms. The van der Waals surface area contributed by atoms with Crippen LogP contribution in [0.5, 0.6) is 5.75 Å². The molecule has 0 aliphatic rings. The van der Waals surface area contributed by atoms with Crippen molar-refractivity contribution in [2.24, 2.45) is 0 Å². The molecule has 1 aromatic rings. The number of ether oxygens (including phenoxy) is 1. The highest BCUT2D eigenvalue weighted by Crippen LogP contribution is 2.27. The fourth-order valence-corrected chi connectivity index (χ4v) is 2.09. The largest absolute Gasteiger partial charge is 0.489 e. The summed E-state index contributed by atoms with van der Waals surface area (Å²) in [5.74, 6) is 0.404. The first-order chi connectivity index (χ1) is 9.81. The minimum absolute atomic E-state index is 0.0520. The molecule has 0 heterocycles. The Bertz CT molecular complexity index is 483. The highest BCUT2D eigenvalue weighted by atomic mass is 35.5. The highest BCUT2D eigenvalue weighted by Gasteiger charge is 2.16. The van der Waals surface area contributed by atoms with Crippen molar-refractivity contribution in [1.29, 1.82) is 0 Å². The first-order valence-electron chi connectivity index (χ1n) is 6.51. The van der Waals surface area contributed by atoms with Gasteiger partial charge in [0, 0.05) is 25.7 Å². The molecule has 0 aliphatic heterocycles. The molecule has 2 atom stereocenters. The lowest BCUT2D eigenvalue weighted by atomic mass is 10.2. The summed E-state index contributed by atoms with van der Waals surface area (Å²) in [5.41, 5.74) is 0. The number of halogens is 2. The number of amides is 1. The third-order valence-electron chi connectivity index (χ3n) is 2.80. The van der Waals surface area contributed by atoms with Gasteiger partial charge in [0.25, 0.3) is 0 Å². The zero-order valence-electron chi connectivity index (χ0n) is 12.3. The molecule has 2 N–H and O–H groups in total. The molecule has 0 fully saturated rings. The van der Waals surface area contributed by atoms with E-state index in [9.17, 15) is 9.90 Å². The smallest absolute Gasteiger partial charge is 0.238 e. The van der Waals surface area contributed by atoms with Crippen LogP contribution in [0.4, 0.5) is 0 Å². The van der Waals surface area contributed by atoms with E-state index in [4.69, 9.17) is 27.9 Å². The number of likely N-dealkylation sites (N-methyl/N-ethyl adjacent to an activating group) is 1. The summed E-state index contributed by atoms with van der Waals surface area (Å²) in [6, 6.07) is 4.50. The normalized spacial score (nSPS) is 13.6. The molecule has 0 saturated carbocycles. The van der Waals surface area contributed by atoms with E-state index >= 15 is 0 Å². The van der Waals surface area contributed by atoms with Gasteiger partial charge < -0.3 is 20.1 Å². The molecule has 1 rings (SSSR count). The van der Waals surface area contributed by atoms with E-state index in [1.807, 2.05) is 0 Å². The number of nitrogens with zero attached hydrogens (tertiary/aromatic N) is 1. The van der Waals surface area contributed by atoms with Crippen molar-refractivity contribution in [3.8, 4) is 5.75 Å². The molecule has 0 aliphatic carbocycles. The second-order valence-electron chi connectivity index (χ2n) is 4.90. The molecular formula is C14H20Cl2N2O3. The Morgan fingerprint density at radius 1 is 1.43 bits per heavy atom. The molecule has 5 nitrogen and oxygen atoms in total. The van der Waals surface area contributed by atoms with Crippen LogP contribution in [0.2, 0.25) is 10.0 Å². The van der Waals surface area contributed by atoms with Gasteiger partial charge in [-0.05, 0) is 25.1 Å². The van der Waals surface area contributed by atoms with Crippen LogP contribution in [0, 0.1) is 0 Å². The van der Waals surface area contributed by atoms with E-state index in [0.717, 1.165) is 0 Å². The van der Waals surface area contributed by atoms with Crippen molar-refractivity contribution < 1.29 is 14.6 Å². The van der Waals surface area contributed by atoms with E-state index in [2.05, 4.69) is 5.32 Å². The monoisotopic (exact) mass is 334 g/mol. The van der Waals surface area contributed by atoms with E-state index in [-0.39, 0.29) is 25.1 Å². The molecule has 21 heavy (non-hydrogen) atoms. The quantitative estimate of drug-likeness (QED) is 0.798. The van der Waals surface area contributed by atoms with E-state index in [1.54, 1.807) is 39.2 Å². The first kappa shape index (κ1) is 18.0. The van der Waals surface area contributed by atoms with Gasteiger partial charge in [-0.3, -0.25) is 4.79 Å². The number of carbonyl (C=O) groups excluding carboxylic acids is 1. The van der Waals surface area contributed by atoms with Crippen molar-refractivity contribution in [3.63, 3.8) is 0 Å². The minimum atomic E-state index is -0.755. The average Bonchev–Trinajstić information content (AvgIpc) is 2.42. The zero-order valence-corrected chi connectivity index (χ0v) is 13.8. The summed E-state index contributed by atoms with van der Waals surface area (Å²) < 4.78 is 5.42. The van der Waals surface area contributed by atoms with Crippen LogP contribution in [-0.2, 0) is 4.79 Å². The Labute approximate surface area is 134 Å². The molecule has 0 radical (unpaired) electrons. The van der Waals surface area contributed by atoms with Gasteiger partial charge in [0.15, 0.2) is 0 Å². The van der Waals surface area contributed by atoms with Gasteiger partial charge in [-0.2, -0.15) is 0 Å². The number of hydrogen-bond acceptors (Lipinski definition) is 4. The molecule has 0 aromatic heterocycles. The summed E-state index contributed by atoms with van der Waals surface area (Å²) in [4.78, 5) is 13.1. The topological polar surface area (TPSA) is 61.8 Å². The number of carbonyl (C=O) groups is 1. The van der Waals surface area contributed by atoms with Gasteiger partial charge in [0.2, 0.25) is 5.91 Å². The number of hydrogen-bond donors (Lipinski definition) is 2. The molecule has 0 saturated heterocycles. The van der Waals surface area contributed by atoms with Crippen molar-refractivity contribution in [2.45, 2.75) is 19.1 Å². The number of aliphatic hydroxyl groups excluding tert-OH is 1. The summed E-state index contributed by atoms with van der Waals surface area (Å²) in [5, 5.41) is 13.7. The Morgan fingerprint density at radius 2 is 2.10 bits per heavy atom. The Kier molecular flexibility index (Phi) is 7.25. The van der Waals surface area contributed by atoms with Gasteiger partial charge >= 0.3 is 0 Å². The summed E-state index contributed by atoms with van der Waals surface area (Å²) in [6.45, 7) is 2.05. The van der Waals surface area contributed by atoms with Crippen LogP contribution in [0.25, 0.3) is 0 Å². The summed E-state index contributed by atoms with van der Waals surface area (Å²) >= 11 is 11.7. The maximum absolute atomic E-state index is 11.6. The predicted octanol–water partition coefficient (Wildman–Crippen LogP) is 1.80. The molecule has 0 spiro atoms. The van der Waals surface area contributed by atoms with Crippen molar-refractivity contribution >= 4 is 29.1 Å². The van der Waals surface area contributed by atoms with Gasteiger partial charge in [0.05, 0.1) is 11.1 Å². The SMILES string of the molecule is CC(NCC(O)COc1ccc(Cl)cc1Cl)C(=O)N(C)C. The van der Waals surface area contributed by atoms with Gasteiger partial charge in [-0.15, -0.1) is 0 Å². The van der Waals surface area contributed by atoms with Crippen LogP contribution < -0.4 is 10.1 Å². The number of nitrogens with one attached hydrogen (secondary N) is 1. The number of aliphatic hydroxyl groups is 1. The van der Waals surface area contributed by atoms with Gasteiger partial charge in [-0.1, -0.05) is 23.2 Å². The predicted molar refractivity (Wildman–Crippen MR) is 84.1 cm³/mol. The Balaban J connectivity index is 2.37. The van der Waals surface area contributed by atoms with Crippen LogP contribution in [0.3, 0.4) is 0 Å². The molecule has 118 valence electrons. The highest BCUT2D eigenvalue weighted by molar-refractivity contribution is 6.35. The van der Waals surface area contributed by atoms with Crippen LogP contribution in [0.1, 0.15) is 6.92 Å². The third-order valence-corrected chi connectivity index (χ3v) is 3.33. The van der Waals surface area contributed by atoms with Crippen molar-refractivity contribution in [2.75, 3.05) is 27.2 Å². The lowest BCUT2D eigenvalue weighted by Gasteiger charge is -2.20. The Hall–Kier alpha value is -1.01. The molecular weight excluding hydrogens is 315 g/mol. The molecule has 1 aromatic carbocycles. The summed E-state index contributed by atoms with van der Waals surface area (Å²) in [6.07, 6.45) is -0.755. The minimum Gasteiger partial charge on any atom is -0.489 e. The first-order valence-corrected chi connectivity index (χ1v) is 7.27. The van der Waals surface area contributed by atoms with Crippen LogP contribution in [-0.4, -0.2) is 55.3 Å². The van der Waals surface area contributed by atoms with Crippen molar-refractivity contribution in [1.82, 2.24) is 10.2 Å². The van der Waals surface area contributed by atoms with Gasteiger partial charge in [0.1, 0.15) is 18.5 Å². The zero-order chi connectivity index (χ0) is 16.0. The standard InChI is InChI=1S/C14H20Cl2N2O3/c1-9(14(20)18(2)3)17-7-11(19)8-21-13-5-4-10(15)6-12(13)16/h4-6,9,11,17,19H,7-8H2,1-3H3. The van der Waals surface area contributed by atoms with E-state index < -0.39 is 6.10 Å². The number of rotatable bonds is 7. The van der Waals surface area contributed by atoms with Crippen LogP contribution in [0.15, 0.2) is 18.2 Å². The van der Waals surface area contributed by atoms with Crippen molar-refractivity contribution in [3.05, 3.63) is 28.2 Å². The van der Waals surface area contributed by atoms with Gasteiger partial charge in [-0.25, -0.2) is 0 Å². The fourth-order valence-electron chi connectivity index (χ4n) is 1.62. The van der Waals surface area contributed by atoms with E-state index in [0.29, 0.717) is 15.8 Å². The third kappa shape index (κ3) is 6.09. The lowest BCUT2D eigenvalue weighted by molar-refractivity contribution is -0.130. The maximum Gasteiger partial charge on any atom is 0.238 e. The lowest BCUT2D eigenvalue weighted by Crippen LogP contribution is -2.45. The second-order valence-corrected chi connectivity index (χ2v) is 5.75. The molecule has 7 heteroatoms. The maximum atomic E-state index is 11.6. The number of benzene rings is 1. The van der Waals surface area contributed by atoms with E-state index in [1.165, 1.54) is 4.90 Å². The second kappa shape index (κ2) is 8.44.